The highest BCUT2D eigenvalue weighted by Gasteiger charge is 2.38. The van der Waals surface area contributed by atoms with Crippen LogP contribution in [0.15, 0.2) is 6.07 Å². The summed E-state index contributed by atoms with van der Waals surface area (Å²) in [5.74, 6) is 1.49. The molecule has 2 saturated carbocycles. The van der Waals surface area contributed by atoms with Gasteiger partial charge in [-0.3, -0.25) is 0 Å². The summed E-state index contributed by atoms with van der Waals surface area (Å²) >= 11 is 0. The molecule has 3 aliphatic carbocycles. The number of benzene rings is 1. The predicted molar refractivity (Wildman–Crippen MR) is 123 cm³/mol. The molecule has 5 atom stereocenters. The second-order valence-corrected chi connectivity index (χ2v) is 10.7. The number of ether oxygens (including phenoxy) is 1. The van der Waals surface area contributed by atoms with E-state index in [1.54, 1.807) is 6.07 Å². The molecule has 2 fully saturated rings. The van der Waals surface area contributed by atoms with Crippen molar-refractivity contribution in [3.8, 4) is 0 Å². The zero-order chi connectivity index (χ0) is 21.8. The first kappa shape index (κ1) is 23.2. The van der Waals surface area contributed by atoms with Gasteiger partial charge in [0.2, 0.25) is 0 Å². The van der Waals surface area contributed by atoms with Crippen molar-refractivity contribution in [3.05, 3.63) is 34.4 Å². The second-order valence-electron chi connectivity index (χ2n) is 10.7. The van der Waals surface area contributed by atoms with Gasteiger partial charge in [0, 0.05) is 12.2 Å². The first-order chi connectivity index (χ1) is 15.1. The van der Waals surface area contributed by atoms with Gasteiger partial charge in [-0.05, 0) is 105 Å². The van der Waals surface area contributed by atoms with Gasteiger partial charge in [-0.1, -0.05) is 39.5 Å². The molecular formula is C28H42F2O. The smallest absolute Gasteiger partial charge is 0.133 e. The molecule has 0 heterocycles. The Balaban J connectivity index is 1.42. The molecule has 0 bridgehead atoms. The lowest BCUT2D eigenvalue weighted by Gasteiger charge is -2.42. The summed E-state index contributed by atoms with van der Waals surface area (Å²) in [5.41, 5.74) is 2.21. The molecule has 31 heavy (non-hydrogen) atoms. The van der Waals surface area contributed by atoms with Crippen LogP contribution in [0.5, 0.6) is 0 Å². The van der Waals surface area contributed by atoms with Gasteiger partial charge in [-0.15, -0.1) is 0 Å². The molecule has 0 N–H and O–H groups in total. The number of hydrogen-bond donors (Lipinski definition) is 0. The number of halogens is 2. The van der Waals surface area contributed by atoms with Crippen molar-refractivity contribution >= 4 is 0 Å². The molecule has 0 radical (unpaired) electrons. The molecule has 5 unspecified atom stereocenters. The Morgan fingerprint density at radius 1 is 0.935 bits per heavy atom. The molecule has 1 nitrogen and oxygen atoms in total. The van der Waals surface area contributed by atoms with Crippen LogP contribution in [0, 0.1) is 29.4 Å². The van der Waals surface area contributed by atoms with E-state index in [0.717, 1.165) is 81.9 Å². The molecule has 3 aliphatic rings. The van der Waals surface area contributed by atoms with Gasteiger partial charge >= 0.3 is 0 Å². The number of fused-ring (bicyclic) bond motifs is 2. The van der Waals surface area contributed by atoms with Gasteiger partial charge in [-0.25, -0.2) is 8.78 Å². The number of unbranched alkanes of at least 4 members (excludes halogenated alkanes) is 2. The van der Waals surface area contributed by atoms with E-state index in [0.29, 0.717) is 29.4 Å². The Morgan fingerprint density at radius 3 is 2.55 bits per heavy atom. The molecule has 0 aromatic heterocycles. The van der Waals surface area contributed by atoms with Crippen LogP contribution in [0.3, 0.4) is 0 Å². The van der Waals surface area contributed by atoms with E-state index < -0.39 is 0 Å². The summed E-state index contributed by atoms with van der Waals surface area (Å²) in [5, 5.41) is 0. The van der Waals surface area contributed by atoms with Crippen molar-refractivity contribution in [2.45, 2.75) is 116 Å². The third kappa shape index (κ3) is 5.34. The van der Waals surface area contributed by atoms with Gasteiger partial charge in [0.05, 0.1) is 6.10 Å². The Bertz CT molecular complexity index is 730. The summed E-state index contributed by atoms with van der Waals surface area (Å²) < 4.78 is 36.8. The van der Waals surface area contributed by atoms with Crippen LogP contribution in [0.2, 0.25) is 0 Å². The Labute approximate surface area is 188 Å². The average molecular weight is 433 g/mol. The highest BCUT2D eigenvalue weighted by atomic mass is 19.1. The third-order valence-electron chi connectivity index (χ3n) is 8.51. The molecule has 3 heteroatoms. The van der Waals surface area contributed by atoms with Crippen LogP contribution in [0.1, 0.15) is 114 Å². The van der Waals surface area contributed by atoms with Gasteiger partial charge in [0.1, 0.15) is 11.6 Å². The normalized spacial score (nSPS) is 30.6. The zero-order valence-electron chi connectivity index (χ0n) is 19.7. The standard InChI is InChI=1S/C28H42F2O/c1-3-5-6-7-19-8-13-25-23(15-19)18-26(29)27(28(25)30)22-10-9-21-17-24(31-14-4-2)12-11-20(21)16-22/h18-22,24H,3-17H2,1-2H3. The maximum absolute atomic E-state index is 15.6. The van der Waals surface area contributed by atoms with E-state index in [2.05, 4.69) is 13.8 Å². The molecule has 0 aliphatic heterocycles. The second kappa shape index (κ2) is 10.8. The summed E-state index contributed by atoms with van der Waals surface area (Å²) in [6.07, 6.45) is 15.5. The van der Waals surface area contributed by atoms with E-state index in [-0.39, 0.29) is 17.6 Å². The van der Waals surface area contributed by atoms with Crippen LogP contribution < -0.4 is 0 Å². The average Bonchev–Trinajstić information content (AvgIpc) is 2.77. The first-order valence-electron chi connectivity index (χ1n) is 13.2. The monoisotopic (exact) mass is 432 g/mol. The summed E-state index contributed by atoms with van der Waals surface area (Å²) in [4.78, 5) is 0. The van der Waals surface area contributed by atoms with Gasteiger partial charge in [-0.2, -0.15) is 0 Å². The van der Waals surface area contributed by atoms with Gasteiger partial charge in [0.25, 0.3) is 0 Å². The number of hydrogen-bond acceptors (Lipinski definition) is 1. The fourth-order valence-corrected chi connectivity index (χ4v) is 6.79. The van der Waals surface area contributed by atoms with Crippen LogP contribution in [0.25, 0.3) is 0 Å². The maximum atomic E-state index is 15.6. The van der Waals surface area contributed by atoms with E-state index in [1.165, 1.54) is 25.7 Å². The van der Waals surface area contributed by atoms with Crippen molar-refractivity contribution in [3.63, 3.8) is 0 Å². The first-order valence-corrected chi connectivity index (χ1v) is 13.2. The third-order valence-corrected chi connectivity index (χ3v) is 8.51. The Kier molecular flexibility index (Phi) is 8.06. The number of rotatable bonds is 8. The van der Waals surface area contributed by atoms with Crippen molar-refractivity contribution in [1.29, 1.82) is 0 Å². The topological polar surface area (TPSA) is 9.23 Å². The van der Waals surface area contributed by atoms with E-state index in [4.69, 9.17) is 4.74 Å². The van der Waals surface area contributed by atoms with Crippen molar-refractivity contribution in [2.24, 2.45) is 17.8 Å². The van der Waals surface area contributed by atoms with Crippen molar-refractivity contribution < 1.29 is 13.5 Å². The lowest BCUT2D eigenvalue weighted by molar-refractivity contribution is -0.0150. The quantitative estimate of drug-likeness (QED) is 0.377. The molecule has 0 amide bonds. The minimum atomic E-state index is -0.270. The van der Waals surface area contributed by atoms with Crippen LogP contribution >= 0.6 is 0 Å². The molecule has 0 saturated heterocycles. The minimum Gasteiger partial charge on any atom is -0.378 e. The van der Waals surface area contributed by atoms with Gasteiger partial charge < -0.3 is 4.74 Å². The van der Waals surface area contributed by atoms with E-state index in [1.807, 2.05) is 0 Å². The minimum absolute atomic E-state index is 0.0573. The van der Waals surface area contributed by atoms with E-state index in [9.17, 15) is 0 Å². The van der Waals surface area contributed by atoms with E-state index >= 15 is 8.78 Å². The van der Waals surface area contributed by atoms with Crippen molar-refractivity contribution in [2.75, 3.05) is 6.61 Å². The van der Waals surface area contributed by atoms with Crippen LogP contribution in [0.4, 0.5) is 8.78 Å². The highest BCUT2D eigenvalue weighted by Crippen LogP contribution is 2.48. The summed E-state index contributed by atoms with van der Waals surface area (Å²) in [6, 6.07) is 1.71. The fourth-order valence-electron chi connectivity index (χ4n) is 6.79. The molecule has 4 rings (SSSR count). The molecular weight excluding hydrogens is 390 g/mol. The maximum Gasteiger partial charge on any atom is 0.133 e. The largest absolute Gasteiger partial charge is 0.378 e. The molecule has 174 valence electrons. The SMILES string of the molecule is CCCCCC1CCc2c(cc(F)c(C3CCC4CC(OCCC)CCC4C3)c2F)C1. The highest BCUT2D eigenvalue weighted by molar-refractivity contribution is 5.39. The molecule has 1 aromatic carbocycles. The molecule has 1 aromatic rings. The van der Waals surface area contributed by atoms with Crippen molar-refractivity contribution in [1.82, 2.24) is 0 Å². The van der Waals surface area contributed by atoms with Crippen LogP contribution in [-0.2, 0) is 17.6 Å². The van der Waals surface area contributed by atoms with Crippen LogP contribution in [-0.4, -0.2) is 12.7 Å². The Morgan fingerprint density at radius 2 is 1.74 bits per heavy atom. The predicted octanol–water partition coefficient (Wildman–Crippen LogP) is 8.13. The lowest BCUT2D eigenvalue weighted by atomic mass is 9.65. The summed E-state index contributed by atoms with van der Waals surface area (Å²) in [6.45, 7) is 5.24. The Hall–Kier alpha value is -0.960. The van der Waals surface area contributed by atoms with Gasteiger partial charge in [0.15, 0.2) is 0 Å². The molecule has 0 spiro atoms. The lowest BCUT2D eigenvalue weighted by Crippen LogP contribution is -2.34. The zero-order valence-corrected chi connectivity index (χ0v) is 19.7. The fraction of sp³-hybridized carbons (Fsp3) is 0.786. The summed E-state index contributed by atoms with van der Waals surface area (Å²) in [7, 11) is 0.